The van der Waals surface area contributed by atoms with Gasteiger partial charge in [0.15, 0.2) is 0 Å². The molecular weight excluding hydrogens is 364 g/mol. The molecule has 1 heterocycles. The van der Waals surface area contributed by atoms with Gasteiger partial charge in [-0.1, -0.05) is 48.0 Å². The van der Waals surface area contributed by atoms with Crippen LogP contribution < -0.4 is 16.2 Å². The summed E-state index contributed by atoms with van der Waals surface area (Å²) in [5, 5.41) is 5.80. The number of urea groups is 1. The second kappa shape index (κ2) is 8.51. The first-order chi connectivity index (χ1) is 13.1. The Morgan fingerprint density at radius 3 is 2.70 bits per heavy atom. The van der Waals surface area contributed by atoms with Crippen LogP contribution in [-0.4, -0.2) is 22.1 Å². The van der Waals surface area contributed by atoms with Crippen molar-refractivity contribution in [1.29, 1.82) is 0 Å². The van der Waals surface area contributed by atoms with E-state index in [9.17, 15) is 9.59 Å². The van der Waals surface area contributed by atoms with Gasteiger partial charge in [0.2, 0.25) is 5.82 Å². The average molecular weight is 383 g/mol. The van der Waals surface area contributed by atoms with Crippen molar-refractivity contribution in [2.24, 2.45) is 0 Å². The van der Waals surface area contributed by atoms with E-state index in [2.05, 4.69) is 15.6 Å². The highest BCUT2D eigenvalue weighted by atomic mass is 35.5. The molecular formula is C20H19ClN4O2. The number of carbonyl (C=O) groups is 1. The van der Waals surface area contributed by atoms with Crippen LogP contribution in [0.1, 0.15) is 11.1 Å². The van der Waals surface area contributed by atoms with Crippen molar-refractivity contribution in [3.8, 4) is 5.69 Å². The third-order valence-corrected chi connectivity index (χ3v) is 4.52. The summed E-state index contributed by atoms with van der Waals surface area (Å²) in [6, 6.07) is 14.6. The molecule has 0 aliphatic carbocycles. The van der Waals surface area contributed by atoms with Crippen LogP contribution >= 0.6 is 11.6 Å². The first-order valence-corrected chi connectivity index (χ1v) is 8.86. The number of anilines is 1. The van der Waals surface area contributed by atoms with E-state index in [4.69, 9.17) is 11.6 Å². The maximum atomic E-state index is 12.7. The molecule has 3 aromatic rings. The standard InChI is InChI=1S/C20H19ClN4O2/c1-14-16(21)8-5-9-17(14)25-13-12-22-18(19(25)26)24-20(27)23-11-10-15-6-3-2-4-7-15/h2-9,12-13H,10-11H2,1H3,(H2,22,23,24,27). The Kier molecular flexibility index (Phi) is 5.88. The fourth-order valence-corrected chi connectivity index (χ4v) is 2.83. The molecule has 0 unspecified atom stereocenters. The van der Waals surface area contributed by atoms with Gasteiger partial charge < -0.3 is 5.32 Å². The molecule has 0 bridgehead atoms. The molecule has 7 heteroatoms. The Hall–Kier alpha value is -3.12. The second-order valence-corrected chi connectivity index (χ2v) is 6.36. The topological polar surface area (TPSA) is 76.0 Å². The summed E-state index contributed by atoms with van der Waals surface area (Å²) >= 11 is 6.14. The van der Waals surface area contributed by atoms with E-state index in [1.54, 1.807) is 24.4 Å². The molecule has 2 N–H and O–H groups in total. The SMILES string of the molecule is Cc1c(Cl)cccc1-n1ccnc(NC(=O)NCCc2ccccc2)c1=O. The van der Waals surface area contributed by atoms with Crippen LogP contribution in [0, 0.1) is 6.92 Å². The molecule has 0 aliphatic heterocycles. The number of halogens is 1. The van der Waals surface area contributed by atoms with Gasteiger partial charge in [0.25, 0.3) is 5.56 Å². The van der Waals surface area contributed by atoms with Crippen LogP contribution in [0.3, 0.4) is 0 Å². The Balaban J connectivity index is 1.69. The van der Waals surface area contributed by atoms with Gasteiger partial charge in [-0.25, -0.2) is 9.78 Å². The van der Waals surface area contributed by atoms with Crippen molar-refractivity contribution < 1.29 is 4.79 Å². The van der Waals surface area contributed by atoms with Gasteiger partial charge in [-0.15, -0.1) is 0 Å². The molecule has 0 fully saturated rings. The van der Waals surface area contributed by atoms with Gasteiger partial charge in [-0.3, -0.25) is 14.7 Å². The van der Waals surface area contributed by atoms with Crippen molar-refractivity contribution in [3.63, 3.8) is 0 Å². The average Bonchev–Trinajstić information content (AvgIpc) is 2.67. The number of rotatable bonds is 5. The third kappa shape index (κ3) is 4.54. The van der Waals surface area contributed by atoms with Crippen molar-refractivity contribution in [2.45, 2.75) is 13.3 Å². The molecule has 0 saturated heterocycles. The number of nitrogens with one attached hydrogen (secondary N) is 2. The predicted molar refractivity (Wildman–Crippen MR) is 107 cm³/mol. The summed E-state index contributed by atoms with van der Waals surface area (Å²) in [6.07, 6.45) is 3.70. The van der Waals surface area contributed by atoms with Crippen LogP contribution in [0.5, 0.6) is 0 Å². The summed E-state index contributed by atoms with van der Waals surface area (Å²) in [6.45, 7) is 2.28. The molecule has 0 saturated carbocycles. The molecule has 27 heavy (non-hydrogen) atoms. The number of amides is 2. The number of hydrogen-bond acceptors (Lipinski definition) is 3. The second-order valence-electron chi connectivity index (χ2n) is 5.95. The molecule has 6 nitrogen and oxygen atoms in total. The number of benzene rings is 2. The largest absolute Gasteiger partial charge is 0.337 e. The molecule has 1 aromatic heterocycles. The summed E-state index contributed by atoms with van der Waals surface area (Å²) in [5.74, 6) is -0.0471. The molecule has 2 aromatic carbocycles. The van der Waals surface area contributed by atoms with E-state index in [1.165, 1.54) is 10.8 Å². The lowest BCUT2D eigenvalue weighted by Gasteiger charge is -2.12. The summed E-state index contributed by atoms with van der Waals surface area (Å²) < 4.78 is 1.41. The van der Waals surface area contributed by atoms with E-state index in [0.717, 1.165) is 11.1 Å². The number of hydrogen-bond donors (Lipinski definition) is 2. The Morgan fingerprint density at radius 1 is 1.15 bits per heavy atom. The Labute approximate surface area is 161 Å². The molecule has 2 amide bonds. The van der Waals surface area contributed by atoms with Gasteiger partial charge in [0, 0.05) is 24.0 Å². The quantitative estimate of drug-likeness (QED) is 0.708. The minimum Gasteiger partial charge on any atom is -0.337 e. The number of nitrogens with zero attached hydrogens (tertiary/aromatic N) is 2. The summed E-state index contributed by atoms with van der Waals surface area (Å²) in [7, 11) is 0. The summed E-state index contributed by atoms with van der Waals surface area (Å²) in [4.78, 5) is 28.8. The van der Waals surface area contributed by atoms with Crippen LogP contribution in [-0.2, 0) is 6.42 Å². The lowest BCUT2D eigenvalue weighted by atomic mass is 10.1. The van der Waals surface area contributed by atoms with Crippen molar-refractivity contribution in [2.75, 3.05) is 11.9 Å². The number of aromatic nitrogens is 2. The fourth-order valence-electron chi connectivity index (χ4n) is 2.66. The minimum atomic E-state index is -0.476. The highest BCUT2D eigenvalue weighted by Crippen LogP contribution is 2.21. The van der Waals surface area contributed by atoms with Gasteiger partial charge in [0.05, 0.1) is 5.69 Å². The van der Waals surface area contributed by atoms with Crippen molar-refractivity contribution in [1.82, 2.24) is 14.9 Å². The maximum Gasteiger partial charge on any atom is 0.320 e. The minimum absolute atomic E-state index is 0.0471. The lowest BCUT2D eigenvalue weighted by Crippen LogP contribution is -2.34. The Bertz CT molecular complexity index is 1000. The smallest absolute Gasteiger partial charge is 0.320 e. The lowest BCUT2D eigenvalue weighted by molar-refractivity contribution is 0.252. The van der Waals surface area contributed by atoms with Crippen molar-refractivity contribution >= 4 is 23.4 Å². The molecule has 0 aliphatic rings. The molecule has 138 valence electrons. The van der Waals surface area contributed by atoms with Crippen LogP contribution in [0.15, 0.2) is 65.7 Å². The number of carbonyl (C=O) groups excluding carboxylic acids is 1. The zero-order chi connectivity index (χ0) is 19.2. The third-order valence-electron chi connectivity index (χ3n) is 4.11. The Morgan fingerprint density at radius 2 is 1.93 bits per heavy atom. The van der Waals surface area contributed by atoms with Gasteiger partial charge >= 0.3 is 6.03 Å². The fraction of sp³-hybridized carbons (Fsp3) is 0.150. The van der Waals surface area contributed by atoms with E-state index in [1.807, 2.05) is 37.3 Å². The molecule has 0 atom stereocenters. The highest BCUT2D eigenvalue weighted by Gasteiger charge is 2.12. The molecule has 3 rings (SSSR count). The first-order valence-electron chi connectivity index (χ1n) is 8.48. The summed E-state index contributed by atoms with van der Waals surface area (Å²) in [5.41, 5.74) is 2.10. The monoisotopic (exact) mass is 382 g/mol. The van der Waals surface area contributed by atoms with Crippen LogP contribution in [0.2, 0.25) is 5.02 Å². The van der Waals surface area contributed by atoms with Crippen LogP contribution in [0.4, 0.5) is 10.6 Å². The van der Waals surface area contributed by atoms with Crippen molar-refractivity contribution in [3.05, 3.63) is 87.4 Å². The highest BCUT2D eigenvalue weighted by molar-refractivity contribution is 6.31. The maximum absolute atomic E-state index is 12.7. The van der Waals surface area contributed by atoms with Gasteiger partial charge in [0.1, 0.15) is 0 Å². The van der Waals surface area contributed by atoms with E-state index >= 15 is 0 Å². The normalized spacial score (nSPS) is 10.4. The van der Waals surface area contributed by atoms with E-state index < -0.39 is 11.6 Å². The van der Waals surface area contributed by atoms with E-state index in [-0.39, 0.29) is 5.82 Å². The predicted octanol–water partition coefficient (Wildman–Crippen LogP) is 3.56. The van der Waals surface area contributed by atoms with Crippen LogP contribution in [0.25, 0.3) is 5.69 Å². The first kappa shape index (κ1) is 18.7. The van der Waals surface area contributed by atoms with E-state index in [0.29, 0.717) is 23.7 Å². The molecule has 0 radical (unpaired) electrons. The molecule has 0 spiro atoms. The zero-order valence-corrected chi connectivity index (χ0v) is 15.5. The van der Waals surface area contributed by atoms with Gasteiger partial charge in [-0.05, 0) is 36.6 Å². The van der Waals surface area contributed by atoms with Gasteiger partial charge in [-0.2, -0.15) is 0 Å². The zero-order valence-electron chi connectivity index (χ0n) is 14.8.